The third-order valence-electron chi connectivity index (χ3n) is 6.98. The first-order valence-electron chi connectivity index (χ1n) is 11.4. The molecule has 7 heteroatoms. The lowest BCUT2D eigenvalue weighted by atomic mass is 9.53. The number of carbonyl (C=O) groups is 2. The molecule has 1 N–H and O–H groups in total. The smallest absolute Gasteiger partial charge is 0.366 e. The summed E-state index contributed by atoms with van der Waals surface area (Å²) in [6.45, 7) is 1.75. The molecule has 4 bridgehead atoms. The highest BCUT2D eigenvalue weighted by atomic mass is 32.2. The number of hydrogen-bond donors (Lipinski definition) is 2. The van der Waals surface area contributed by atoms with Crippen molar-refractivity contribution in [3.05, 3.63) is 35.9 Å². The molecule has 5 rings (SSSR count). The summed E-state index contributed by atoms with van der Waals surface area (Å²) in [6.07, 6.45) is 6.29. The SMILES string of the molecule is C[C@H](CS)C(=O)O[C@@H](CSCc1ccccc1)C(=O)ONC12CC3CC(CC(C3)C1)C2. The maximum Gasteiger partial charge on any atom is 0.366 e. The van der Waals surface area contributed by atoms with E-state index in [4.69, 9.17) is 9.57 Å². The topological polar surface area (TPSA) is 64.6 Å². The van der Waals surface area contributed by atoms with Gasteiger partial charge in [-0.05, 0) is 61.8 Å². The number of rotatable bonds is 10. The summed E-state index contributed by atoms with van der Waals surface area (Å²) in [5.74, 6) is 2.46. The number of nitrogens with one attached hydrogen (secondary N) is 1. The Morgan fingerprint density at radius 1 is 1.10 bits per heavy atom. The molecule has 0 unspecified atom stereocenters. The van der Waals surface area contributed by atoms with Gasteiger partial charge in [-0.25, -0.2) is 4.79 Å². The van der Waals surface area contributed by atoms with E-state index in [0.717, 1.165) is 42.8 Å². The molecule has 4 aliphatic rings. The zero-order chi connectivity index (χ0) is 21.8. The minimum Gasteiger partial charge on any atom is -0.449 e. The van der Waals surface area contributed by atoms with Crippen molar-refractivity contribution >= 4 is 36.3 Å². The molecule has 0 radical (unpaired) electrons. The molecule has 0 spiro atoms. The Balaban J connectivity index is 1.34. The largest absolute Gasteiger partial charge is 0.449 e. The number of esters is 1. The molecule has 4 fully saturated rings. The Hall–Kier alpha value is -1.18. The summed E-state index contributed by atoms with van der Waals surface area (Å²) in [5, 5.41) is 0. The molecule has 0 aromatic heterocycles. The van der Waals surface area contributed by atoms with Crippen LogP contribution in [0.2, 0.25) is 0 Å². The fraction of sp³-hybridized carbons (Fsp3) is 0.667. The second kappa shape index (κ2) is 10.2. The second-order valence-electron chi connectivity index (χ2n) is 9.73. The summed E-state index contributed by atoms with van der Waals surface area (Å²) in [7, 11) is 0. The first-order valence-corrected chi connectivity index (χ1v) is 13.2. The van der Waals surface area contributed by atoms with E-state index in [1.807, 2.05) is 30.3 Å². The number of thiol groups is 1. The Kier molecular flexibility index (Phi) is 7.55. The second-order valence-corrected chi connectivity index (χ2v) is 11.1. The van der Waals surface area contributed by atoms with Gasteiger partial charge in [0.2, 0.25) is 6.10 Å². The molecule has 2 atom stereocenters. The molecular formula is C24H33NO4S2. The quantitative estimate of drug-likeness (QED) is 0.304. The Bertz CT molecular complexity index is 737. The molecule has 0 amide bonds. The van der Waals surface area contributed by atoms with Gasteiger partial charge in [0, 0.05) is 17.3 Å². The zero-order valence-corrected chi connectivity index (χ0v) is 19.8. The van der Waals surface area contributed by atoms with E-state index in [-0.39, 0.29) is 11.5 Å². The van der Waals surface area contributed by atoms with Gasteiger partial charge in [0.15, 0.2) is 0 Å². The van der Waals surface area contributed by atoms with E-state index in [1.54, 1.807) is 18.7 Å². The number of hydrogen-bond acceptors (Lipinski definition) is 7. The van der Waals surface area contributed by atoms with Crippen molar-refractivity contribution in [3.8, 4) is 0 Å². The summed E-state index contributed by atoms with van der Waals surface area (Å²) in [5.41, 5.74) is 4.25. The molecule has 4 saturated carbocycles. The van der Waals surface area contributed by atoms with Crippen LogP contribution < -0.4 is 5.48 Å². The van der Waals surface area contributed by atoms with Crippen molar-refractivity contribution in [2.24, 2.45) is 23.7 Å². The lowest BCUT2D eigenvalue weighted by Gasteiger charge is -2.56. The number of thioether (sulfide) groups is 1. The van der Waals surface area contributed by atoms with E-state index < -0.39 is 18.0 Å². The van der Waals surface area contributed by atoms with E-state index in [2.05, 4.69) is 18.1 Å². The Morgan fingerprint density at radius 3 is 2.29 bits per heavy atom. The van der Waals surface area contributed by atoms with Crippen LogP contribution in [0, 0.1) is 23.7 Å². The Morgan fingerprint density at radius 2 is 1.71 bits per heavy atom. The predicted molar refractivity (Wildman–Crippen MR) is 126 cm³/mol. The normalized spacial score (nSPS) is 30.6. The number of carbonyl (C=O) groups excluding carboxylic acids is 2. The molecule has 0 saturated heterocycles. The highest BCUT2D eigenvalue weighted by molar-refractivity contribution is 7.98. The average Bonchev–Trinajstić information content (AvgIpc) is 2.76. The molecular weight excluding hydrogens is 430 g/mol. The molecule has 170 valence electrons. The van der Waals surface area contributed by atoms with Crippen LogP contribution >= 0.6 is 24.4 Å². The molecule has 4 aliphatic carbocycles. The number of benzene rings is 1. The van der Waals surface area contributed by atoms with Gasteiger partial charge in [-0.2, -0.15) is 24.4 Å². The summed E-state index contributed by atoms with van der Waals surface area (Å²) >= 11 is 5.74. The van der Waals surface area contributed by atoms with Crippen LogP contribution in [-0.2, 0) is 24.9 Å². The highest BCUT2D eigenvalue weighted by Gasteiger charge is 2.51. The van der Waals surface area contributed by atoms with Crippen LogP contribution in [0.3, 0.4) is 0 Å². The minimum atomic E-state index is -0.926. The number of hydroxylamine groups is 1. The monoisotopic (exact) mass is 463 g/mol. The predicted octanol–water partition coefficient (Wildman–Crippen LogP) is 4.41. The van der Waals surface area contributed by atoms with Gasteiger partial charge in [-0.15, -0.1) is 5.48 Å². The average molecular weight is 464 g/mol. The van der Waals surface area contributed by atoms with Crippen LogP contribution in [0.1, 0.15) is 51.0 Å². The molecule has 1 aromatic rings. The maximum absolute atomic E-state index is 12.9. The van der Waals surface area contributed by atoms with Gasteiger partial charge in [0.25, 0.3) is 0 Å². The fourth-order valence-corrected chi connectivity index (χ4v) is 6.91. The van der Waals surface area contributed by atoms with Gasteiger partial charge in [-0.3, -0.25) is 4.79 Å². The van der Waals surface area contributed by atoms with E-state index in [1.165, 1.54) is 24.8 Å². The van der Waals surface area contributed by atoms with Crippen molar-refractivity contribution in [2.45, 2.75) is 62.8 Å². The third-order valence-corrected chi connectivity index (χ3v) is 8.61. The van der Waals surface area contributed by atoms with E-state index in [0.29, 0.717) is 11.5 Å². The maximum atomic E-state index is 12.9. The first kappa shape index (κ1) is 23.0. The van der Waals surface area contributed by atoms with Crippen LogP contribution in [-0.4, -0.2) is 35.1 Å². The molecule has 1 aromatic carbocycles. The van der Waals surface area contributed by atoms with Crippen LogP contribution in [0.5, 0.6) is 0 Å². The van der Waals surface area contributed by atoms with Crippen molar-refractivity contribution in [2.75, 3.05) is 11.5 Å². The standard InChI is InChI=1S/C24H33NO4S2/c1-16(13-30)22(26)28-21(15-31-14-17-5-3-2-4-6-17)23(27)29-25-24-10-18-7-19(11-24)9-20(8-18)12-24/h2-6,16,18-21,25,30H,7-15H2,1H3/t16-,18?,19?,20?,21+,24?/m1/s1. The van der Waals surface area contributed by atoms with E-state index >= 15 is 0 Å². The van der Waals surface area contributed by atoms with Gasteiger partial charge in [-0.1, -0.05) is 37.3 Å². The van der Waals surface area contributed by atoms with Crippen molar-refractivity contribution in [1.29, 1.82) is 0 Å². The van der Waals surface area contributed by atoms with Gasteiger partial charge in [0.1, 0.15) is 0 Å². The van der Waals surface area contributed by atoms with E-state index in [9.17, 15) is 9.59 Å². The summed E-state index contributed by atoms with van der Waals surface area (Å²) in [4.78, 5) is 30.9. The van der Waals surface area contributed by atoms with Gasteiger partial charge >= 0.3 is 11.9 Å². The lowest BCUT2D eigenvalue weighted by Crippen LogP contribution is -2.59. The molecule has 31 heavy (non-hydrogen) atoms. The van der Waals surface area contributed by atoms with Crippen molar-refractivity contribution in [1.82, 2.24) is 5.48 Å². The van der Waals surface area contributed by atoms with Crippen molar-refractivity contribution < 1.29 is 19.2 Å². The van der Waals surface area contributed by atoms with Crippen LogP contribution in [0.4, 0.5) is 0 Å². The zero-order valence-electron chi connectivity index (χ0n) is 18.1. The Labute approximate surface area is 194 Å². The third kappa shape index (κ3) is 5.79. The summed E-state index contributed by atoms with van der Waals surface area (Å²) in [6, 6.07) is 10.1. The lowest BCUT2D eigenvalue weighted by molar-refractivity contribution is -0.182. The number of ether oxygens (including phenoxy) is 1. The van der Waals surface area contributed by atoms with Crippen LogP contribution in [0.25, 0.3) is 0 Å². The first-order chi connectivity index (χ1) is 15.0. The summed E-state index contributed by atoms with van der Waals surface area (Å²) < 4.78 is 5.55. The molecule has 5 nitrogen and oxygen atoms in total. The van der Waals surface area contributed by atoms with Gasteiger partial charge in [0.05, 0.1) is 11.5 Å². The molecule has 0 aliphatic heterocycles. The van der Waals surface area contributed by atoms with Crippen LogP contribution in [0.15, 0.2) is 30.3 Å². The highest BCUT2D eigenvalue weighted by Crippen LogP contribution is 2.55. The molecule has 0 heterocycles. The van der Waals surface area contributed by atoms with Crippen molar-refractivity contribution in [3.63, 3.8) is 0 Å². The minimum absolute atomic E-state index is 0.0887. The fourth-order valence-electron chi connectivity index (χ4n) is 5.80. The van der Waals surface area contributed by atoms with Gasteiger partial charge < -0.3 is 9.57 Å².